The van der Waals surface area contributed by atoms with Crippen LogP contribution >= 0.6 is 0 Å². The van der Waals surface area contributed by atoms with Gasteiger partial charge in [-0.25, -0.2) is 9.36 Å². The Bertz CT molecular complexity index is 1460. The Balaban J connectivity index is 1.88. The van der Waals surface area contributed by atoms with Crippen molar-refractivity contribution >= 4 is 39.9 Å². The van der Waals surface area contributed by atoms with Crippen LogP contribution in [0.2, 0.25) is 0 Å². The lowest BCUT2D eigenvalue weighted by Crippen LogP contribution is -2.31. The van der Waals surface area contributed by atoms with Crippen molar-refractivity contribution in [3.05, 3.63) is 54.4 Å². The normalized spacial score (nSPS) is 11.1. The van der Waals surface area contributed by atoms with E-state index < -0.39 is 23.7 Å². The maximum Gasteiger partial charge on any atom is 0.418 e. The SMILES string of the molecule is CCOC(=O)CNC(=O)c1c(O)c(-c2cc3ccccc3n2C(=O)OCC(C)C)cc2nccnc12. The second-order valence-electron chi connectivity index (χ2n) is 8.45. The van der Waals surface area contributed by atoms with E-state index in [1.165, 1.54) is 17.0 Å². The van der Waals surface area contributed by atoms with E-state index in [0.29, 0.717) is 16.7 Å². The third-order valence-corrected chi connectivity index (χ3v) is 5.37. The Morgan fingerprint density at radius 3 is 2.58 bits per heavy atom. The van der Waals surface area contributed by atoms with E-state index in [-0.39, 0.29) is 42.3 Å². The molecule has 0 saturated heterocycles. The average Bonchev–Trinajstić information content (AvgIpc) is 3.25. The van der Waals surface area contributed by atoms with Crippen molar-refractivity contribution in [2.24, 2.45) is 5.92 Å². The summed E-state index contributed by atoms with van der Waals surface area (Å²) in [4.78, 5) is 46.5. The van der Waals surface area contributed by atoms with Gasteiger partial charge in [0.2, 0.25) is 0 Å². The number of hydrogen-bond donors (Lipinski definition) is 2. The third kappa shape index (κ3) is 4.83. The topological polar surface area (TPSA) is 133 Å². The van der Waals surface area contributed by atoms with Gasteiger partial charge in [-0.2, -0.15) is 0 Å². The van der Waals surface area contributed by atoms with Crippen molar-refractivity contribution in [2.75, 3.05) is 19.8 Å². The summed E-state index contributed by atoms with van der Waals surface area (Å²) >= 11 is 0. The zero-order chi connectivity index (χ0) is 25.8. The number of rotatable bonds is 7. The van der Waals surface area contributed by atoms with E-state index in [9.17, 15) is 19.5 Å². The minimum Gasteiger partial charge on any atom is -0.506 e. The monoisotopic (exact) mass is 490 g/mol. The summed E-state index contributed by atoms with van der Waals surface area (Å²) in [6.07, 6.45) is 2.23. The Morgan fingerprint density at radius 1 is 1.08 bits per heavy atom. The Morgan fingerprint density at radius 2 is 1.83 bits per heavy atom. The van der Waals surface area contributed by atoms with Crippen LogP contribution in [-0.2, 0) is 14.3 Å². The Hall–Kier alpha value is -4.47. The van der Waals surface area contributed by atoms with Gasteiger partial charge in [0.1, 0.15) is 23.4 Å². The summed E-state index contributed by atoms with van der Waals surface area (Å²) in [6, 6.07) is 10.5. The Kier molecular flexibility index (Phi) is 7.14. The lowest BCUT2D eigenvalue weighted by molar-refractivity contribution is -0.141. The van der Waals surface area contributed by atoms with Crippen molar-refractivity contribution in [1.29, 1.82) is 0 Å². The number of benzene rings is 2. The number of para-hydroxylation sites is 1. The van der Waals surface area contributed by atoms with Gasteiger partial charge in [-0.1, -0.05) is 32.0 Å². The third-order valence-electron chi connectivity index (χ3n) is 5.37. The molecular formula is C26H26N4O6. The highest BCUT2D eigenvalue weighted by Gasteiger charge is 2.26. The number of ether oxygens (including phenoxy) is 2. The maximum absolute atomic E-state index is 13.2. The van der Waals surface area contributed by atoms with Gasteiger partial charge < -0.3 is 19.9 Å². The van der Waals surface area contributed by atoms with Crippen LogP contribution in [0.25, 0.3) is 33.2 Å². The maximum atomic E-state index is 13.2. The molecule has 1 amide bonds. The standard InChI is InChI=1S/C26H26N4O6/c1-4-35-21(31)13-29-25(33)22-23-18(27-9-10-28-23)12-17(24(22)32)20-11-16-7-5-6-8-19(16)30(20)26(34)36-14-15(2)3/h5-12,15,32H,4,13-14H2,1-3H3,(H,29,33). The van der Waals surface area contributed by atoms with E-state index in [0.717, 1.165) is 5.39 Å². The first kappa shape index (κ1) is 24.6. The number of amides is 1. The highest BCUT2D eigenvalue weighted by Crippen LogP contribution is 2.39. The molecule has 0 aliphatic carbocycles. The van der Waals surface area contributed by atoms with Gasteiger partial charge in [-0.05, 0) is 31.0 Å². The van der Waals surface area contributed by atoms with Crippen molar-refractivity contribution < 1.29 is 29.0 Å². The zero-order valence-corrected chi connectivity index (χ0v) is 20.1. The molecule has 0 fully saturated rings. The number of nitrogens with one attached hydrogen (secondary N) is 1. The average molecular weight is 491 g/mol. The van der Waals surface area contributed by atoms with Crippen LogP contribution in [0.5, 0.6) is 5.75 Å². The summed E-state index contributed by atoms with van der Waals surface area (Å²) in [5, 5.41) is 14.5. The number of carbonyl (C=O) groups is 3. The van der Waals surface area contributed by atoms with Gasteiger partial charge in [-0.15, -0.1) is 0 Å². The van der Waals surface area contributed by atoms with Gasteiger partial charge in [0.15, 0.2) is 0 Å². The lowest BCUT2D eigenvalue weighted by Gasteiger charge is -2.15. The van der Waals surface area contributed by atoms with Crippen LogP contribution in [0.1, 0.15) is 31.1 Å². The molecule has 2 heterocycles. The molecule has 2 N–H and O–H groups in total. The number of hydrogen-bond acceptors (Lipinski definition) is 8. The minimum absolute atomic E-state index is 0.123. The molecular weight excluding hydrogens is 464 g/mol. The fourth-order valence-electron chi connectivity index (χ4n) is 3.81. The molecule has 0 radical (unpaired) electrons. The molecule has 4 aromatic rings. The summed E-state index contributed by atoms with van der Waals surface area (Å²) in [6.45, 7) is 5.50. The van der Waals surface area contributed by atoms with E-state index in [4.69, 9.17) is 9.47 Å². The molecule has 0 bridgehead atoms. The van der Waals surface area contributed by atoms with Gasteiger partial charge >= 0.3 is 12.1 Å². The summed E-state index contributed by atoms with van der Waals surface area (Å²) in [7, 11) is 0. The second kappa shape index (κ2) is 10.4. The van der Waals surface area contributed by atoms with Crippen molar-refractivity contribution in [3.63, 3.8) is 0 Å². The van der Waals surface area contributed by atoms with Crippen molar-refractivity contribution in [1.82, 2.24) is 19.9 Å². The molecule has 0 atom stereocenters. The van der Waals surface area contributed by atoms with Crippen LogP contribution < -0.4 is 5.32 Å². The summed E-state index contributed by atoms with van der Waals surface area (Å²) in [5.41, 5.74) is 1.36. The minimum atomic E-state index is -0.738. The molecule has 10 heteroatoms. The first-order chi connectivity index (χ1) is 17.3. The van der Waals surface area contributed by atoms with Crippen LogP contribution in [0.3, 0.4) is 0 Å². The first-order valence-corrected chi connectivity index (χ1v) is 11.5. The number of fused-ring (bicyclic) bond motifs is 2. The molecule has 0 spiro atoms. The van der Waals surface area contributed by atoms with E-state index in [1.807, 2.05) is 26.0 Å². The summed E-state index contributed by atoms with van der Waals surface area (Å²) < 4.78 is 11.7. The van der Waals surface area contributed by atoms with Crippen LogP contribution in [0.15, 0.2) is 48.8 Å². The van der Waals surface area contributed by atoms with Crippen LogP contribution in [0.4, 0.5) is 4.79 Å². The molecule has 10 nitrogen and oxygen atoms in total. The van der Waals surface area contributed by atoms with Gasteiger partial charge in [-0.3, -0.25) is 19.6 Å². The molecule has 0 aliphatic heterocycles. The fraction of sp³-hybridized carbons (Fsp3) is 0.269. The largest absolute Gasteiger partial charge is 0.506 e. The molecule has 36 heavy (non-hydrogen) atoms. The van der Waals surface area contributed by atoms with E-state index in [2.05, 4.69) is 15.3 Å². The molecule has 0 unspecified atom stereocenters. The Labute approximate surface area is 206 Å². The lowest BCUT2D eigenvalue weighted by atomic mass is 10.0. The van der Waals surface area contributed by atoms with Crippen molar-refractivity contribution in [3.8, 4) is 17.0 Å². The highest BCUT2D eigenvalue weighted by atomic mass is 16.5. The highest BCUT2D eigenvalue weighted by molar-refractivity contribution is 6.11. The van der Waals surface area contributed by atoms with Crippen LogP contribution in [-0.4, -0.2) is 57.4 Å². The predicted octanol–water partition coefficient (Wildman–Crippen LogP) is 3.89. The van der Waals surface area contributed by atoms with E-state index in [1.54, 1.807) is 31.2 Å². The summed E-state index contributed by atoms with van der Waals surface area (Å²) in [5.74, 6) is -1.65. The zero-order valence-electron chi connectivity index (χ0n) is 20.1. The number of carbonyl (C=O) groups excluding carboxylic acids is 3. The smallest absolute Gasteiger partial charge is 0.418 e. The molecule has 4 rings (SSSR count). The number of nitrogens with zero attached hydrogens (tertiary/aromatic N) is 3. The second-order valence-corrected chi connectivity index (χ2v) is 8.45. The molecule has 0 saturated carbocycles. The van der Waals surface area contributed by atoms with Gasteiger partial charge in [0.05, 0.1) is 29.9 Å². The number of phenolic OH excluding ortho intramolecular Hbond substituents is 1. The fourth-order valence-corrected chi connectivity index (χ4v) is 3.81. The van der Waals surface area contributed by atoms with Gasteiger partial charge in [0.25, 0.3) is 5.91 Å². The van der Waals surface area contributed by atoms with Crippen LogP contribution in [0, 0.1) is 5.92 Å². The quantitative estimate of drug-likeness (QED) is 0.373. The first-order valence-electron chi connectivity index (χ1n) is 11.5. The predicted molar refractivity (Wildman–Crippen MR) is 133 cm³/mol. The number of phenols is 1. The number of aromatic nitrogens is 3. The molecule has 2 aromatic carbocycles. The number of aromatic hydroxyl groups is 1. The van der Waals surface area contributed by atoms with E-state index >= 15 is 0 Å². The number of esters is 1. The van der Waals surface area contributed by atoms with Gasteiger partial charge in [0, 0.05) is 23.3 Å². The molecule has 186 valence electrons. The van der Waals surface area contributed by atoms with Crippen molar-refractivity contribution in [2.45, 2.75) is 20.8 Å². The molecule has 0 aliphatic rings. The molecule has 2 aromatic heterocycles.